The zero-order valence-electron chi connectivity index (χ0n) is 34.8. The molecule has 0 bridgehead atoms. The van der Waals surface area contributed by atoms with Gasteiger partial charge < -0.3 is 34.0 Å². The number of amides is 2. The number of alkyl halides is 4. The average Bonchev–Trinajstić information content (AvgIpc) is 3.92. The molecular formula is C37H45Cl2F4N9O10. The van der Waals surface area contributed by atoms with Crippen LogP contribution in [-0.2, 0) is 47.7 Å². The first-order valence-electron chi connectivity index (χ1n) is 19.0. The van der Waals surface area contributed by atoms with E-state index in [-0.39, 0.29) is 58.8 Å². The molecule has 0 radical (unpaired) electrons. The highest BCUT2D eigenvalue weighted by Crippen LogP contribution is 2.45. The van der Waals surface area contributed by atoms with E-state index in [1.165, 1.54) is 31.1 Å². The molecule has 0 aliphatic carbocycles. The average molecular weight is 923 g/mol. The number of pyridine rings is 1. The zero-order chi connectivity index (χ0) is 46.4. The molecule has 4 aromatic heterocycles. The van der Waals surface area contributed by atoms with Gasteiger partial charge in [0.05, 0.1) is 17.7 Å². The van der Waals surface area contributed by atoms with Crippen LogP contribution < -0.4 is 10.6 Å². The second kappa shape index (κ2) is 20.3. The van der Waals surface area contributed by atoms with Crippen molar-refractivity contribution in [3.8, 4) is 0 Å². The van der Waals surface area contributed by atoms with E-state index in [0.29, 0.717) is 22.0 Å². The number of halogens is 6. The van der Waals surface area contributed by atoms with Crippen molar-refractivity contribution in [2.75, 3.05) is 10.6 Å². The number of ether oxygens (including phenoxy) is 5. The summed E-state index contributed by atoms with van der Waals surface area (Å²) in [6.07, 6.45) is -6.89. The molecule has 0 spiro atoms. The molecule has 6 heterocycles. The molecule has 25 heteroatoms. The van der Waals surface area contributed by atoms with Crippen LogP contribution in [0.5, 0.6) is 0 Å². The number of nitrogens with zero attached hydrogens (tertiary/aromatic N) is 6. The monoisotopic (exact) mass is 921 g/mol. The summed E-state index contributed by atoms with van der Waals surface area (Å²) < 4.78 is 82.5. The Hall–Kier alpha value is -5.26. The number of rotatable bonds is 10. The lowest BCUT2D eigenvalue weighted by Crippen LogP contribution is -2.43. The molecule has 6 atom stereocenters. The lowest BCUT2D eigenvalue weighted by atomic mass is 10.1. The van der Waals surface area contributed by atoms with Gasteiger partial charge in [0.2, 0.25) is 36.3 Å². The van der Waals surface area contributed by atoms with E-state index < -0.39 is 66.7 Å². The van der Waals surface area contributed by atoms with Crippen LogP contribution in [0, 0.1) is 11.8 Å². The second-order valence-corrected chi connectivity index (χ2v) is 15.1. The quantitative estimate of drug-likeness (QED) is 0.0674. The maximum atomic E-state index is 14.7. The van der Waals surface area contributed by atoms with Crippen molar-refractivity contribution in [1.29, 1.82) is 0 Å². The van der Waals surface area contributed by atoms with Crippen LogP contribution >= 0.6 is 23.2 Å². The van der Waals surface area contributed by atoms with Gasteiger partial charge in [-0.3, -0.25) is 33.9 Å². The minimum atomic E-state index is -3.42. The molecule has 19 nitrogen and oxygen atoms in total. The number of H-pyrrole nitrogens is 1. The third-order valence-corrected chi connectivity index (χ3v) is 9.43. The lowest BCUT2D eigenvalue weighted by molar-refractivity contribution is -0.198. The Bertz CT molecular complexity index is 2280. The second-order valence-electron chi connectivity index (χ2n) is 14.4. The molecule has 4 aromatic rings. The lowest BCUT2D eigenvalue weighted by Gasteiger charge is -2.23. The standard InChI is InChI=1S/C17H20ClF2N5O4.C10H11ClN4O.C10H14F2O5/c1-5-9-17(19,20)11(28-8(4)26)15(29-9)25-6-21-10-12(18)22-16(23-13(10)25)24-14(27)7(2)3;1-5(2)10(16)15-7-3-6(11)8-9(14-7)13-4-12-8;1-4-7-10(11,12)8(15-5(2)13)9(17-7)16-6(3)14/h6-7,9,11,15H,5H2,1-4H3,(H,22,23,24,27);3-5H,1-2H3,(H2,12,13,14,15,16);7-9H,4H2,1-3H3/t9-,11+,15-;;7-,8+,9?/m1.1/s1. The van der Waals surface area contributed by atoms with Crippen molar-refractivity contribution >= 4 is 87.0 Å². The van der Waals surface area contributed by atoms with Crippen molar-refractivity contribution in [2.45, 2.75) is 124 Å². The van der Waals surface area contributed by atoms with E-state index in [1.807, 2.05) is 13.8 Å². The first-order valence-corrected chi connectivity index (χ1v) is 19.8. The number of aromatic nitrogens is 7. The number of aromatic amines is 1. The van der Waals surface area contributed by atoms with Crippen LogP contribution in [0.4, 0.5) is 29.3 Å². The van der Waals surface area contributed by atoms with Crippen LogP contribution in [-0.4, -0.2) is 107 Å². The van der Waals surface area contributed by atoms with Gasteiger partial charge in [-0.1, -0.05) is 64.7 Å². The highest BCUT2D eigenvalue weighted by atomic mass is 35.5. The SMILES string of the molecule is CC(C)C(=O)Nc1cc(Cl)c2[nH]cnc2n1.CC[C@H]1OC(OC(C)=O)[C@H](OC(C)=O)C1(F)F.CC[C@H]1O[C@@H](n2cnc3c(Cl)nc(NC(=O)C(C)C)nc32)[C@H](OC(C)=O)C1(F)F. The predicted molar refractivity (Wildman–Crippen MR) is 212 cm³/mol. The van der Waals surface area contributed by atoms with E-state index in [0.717, 1.165) is 20.8 Å². The van der Waals surface area contributed by atoms with Gasteiger partial charge in [0.15, 0.2) is 22.7 Å². The van der Waals surface area contributed by atoms with E-state index in [4.69, 9.17) is 37.4 Å². The molecule has 2 aliphatic rings. The fourth-order valence-electron chi connectivity index (χ4n) is 5.82. The van der Waals surface area contributed by atoms with E-state index in [9.17, 15) is 41.5 Å². The Morgan fingerprint density at radius 1 is 0.806 bits per heavy atom. The Labute approximate surface area is 361 Å². The summed E-state index contributed by atoms with van der Waals surface area (Å²) in [6.45, 7) is 13.1. The van der Waals surface area contributed by atoms with Gasteiger partial charge in [0.1, 0.15) is 29.1 Å². The van der Waals surface area contributed by atoms with Crippen molar-refractivity contribution in [2.24, 2.45) is 11.8 Å². The van der Waals surface area contributed by atoms with Crippen molar-refractivity contribution in [1.82, 2.24) is 34.5 Å². The van der Waals surface area contributed by atoms with Crippen molar-refractivity contribution in [3.63, 3.8) is 0 Å². The van der Waals surface area contributed by atoms with E-state index >= 15 is 0 Å². The topological polar surface area (TPSA) is 241 Å². The van der Waals surface area contributed by atoms with Gasteiger partial charge in [-0.05, 0) is 12.8 Å². The molecule has 2 saturated heterocycles. The van der Waals surface area contributed by atoms with Crippen molar-refractivity contribution in [3.05, 3.63) is 28.9 Å². The van der Waals surface area contributed by atoms with Crippen LogP contribution in [0.15, 0.2) is 18.7 Å². The number of carbonyl (C=O) groups excluding carboxylic acids is 5. The number of fused-ring (bicyclic) bond motifs is 2. The summed E-state index contributed by atoms with van der Waals surface area (Å²) in [5, 5.41) is 5.59. The van der Waals surface area contributed by atoms with Gasteiger partial charge >= 0.3 is 29.8 Å². The van der Waals surface area contributed by atoms with Gasteiger partial charge in [0, 0.05) is 38.7 Å². The third kappa shape index (κ3) is 11.4. The molecule has 2 amide bonds. The normalized spacial score (nSPS) is 22.3. The fraction of sp³-hybridized carbons (Fsp3) is 0.568. The Balaban J connectivity index is 0.000000219. The number of nitrogens with one attached hydrogen (secondary N) is 3. The Kier molecular flexibility index (Phi) is 16.2. The molecule has 2 aliphatic heterocycles. The summed E-state index contributed by atoms with van der Waals surface area (Å²) in [7, 11) is 0. The van der Waals surface area contributed by atoms with E-state index in [2.05, 4.69) is 50.0 Å². The fourth-order valence-corrected chi connectivity index (χ4v) is 6.28. The molecule has 2 fully saturated rings. The third-order valence-electron chi connectivity index (χ3n) is 8.87. The number of esters is 3. The van der Waals surface area contributed by atoms with Crippen LogP contribution in [0.3, 0.4) is 0 Å². The molecule has 0 aromatic carbocycles. The summed E-state index contributed by atoms with van der Waals surface area (Å²) in [6, 6.07) is 1.60. The number of hydrogen-bond acceptors (Lipinski definition) is 15. The van der Waals surface area contributed by atoms with Gasteiger partial charge in [-0.25, -0.2) is 15.0 Å². The van der Waals surface area contributed by atoms with Crippen LogP contribution in [0.2, 0.25) is 10.2 Å². The molecule has 62 heavy (non-hydrogen) atoms. The minimum absolute atomic E-state index is 0.000664. The molecule has 1 unspecified atom stereocenters. The molecular weight excluding hydrogens is 877 g/mol. The molecule has 6 rings (SSSR count). The Morgan fingerprint density at radius 3 is 1.92 bits per heavy atom. The van der Waals surface area contributed by atoms with Gasteiger partial charge in [-0.2, -0.15) is 27.5 Å². The molecule has 3 N–H and O–H groups in total. The maximum absolute atomic E-state index is 14.7. The minimum Gasteiger partial charge on any atom is -0.451 e. The number of carbonyl (C=O) groups is 5. The number of hydrogen-bond donors (Lipinski definition) is 3. The summed E-state index contributed by atoms with van der Waals surface area (Å²) in [5.41, 5.74) is 1.34. The van der Waals surface area contributed by atoms with E-state index in [1.54, 1.807) is 19.9 Å². The number of anilines is 2. The zero-order valence-corrected chi connectivity index (χ0v) is 36.3. The Morgan fingerprint density at radius 2 is 1.35 bits per heavy atom. The first kappa shape index (κ1) is 49.4. The number of imidazole rings is 2. The highest BCUT2D eigenvalue weighted by molar-refractivity contribution is 6.35. The van der Waals surface area contributed by atoms with Crippen molar-refractivity contribution < 1.29 is 65.2 Å². The largest absolute Gasteiger partial charge is 0.451 e. The van der Waals surface area contributed by atoms with Crippen LogP contribution in [0.1, 0.15) is 81.4 Å². The van der Waals surface area contributed by atoms with Gasteiger partial charge in [-0.15, -0.1) is 0 Å². The smallest absolute Gasteiger partial charge is 0.316 e. The summed E-state index contributed by atoms with van der Waals surface area (Å²) in [4.78, 5) is 79.6. The van der Waals surface area contributed by atoms with Crippen LogP contribution in [0.25, 0.3) is 22.3 Å². The highest BCUT2D eigenvalue weighted by Gasteiger charge is 2.62. The summed E-state index contributed by atoms with van der Waals surface area (Å²) >= 11 is 12.1. The molecule has 0 saturated carbocycles. The summed E-state index contributed by atoms with van der Waals surface area (Å²) in [5.74, 6) is -9.91. The first-order chi connectivity index (χ1) is 28.9. The molecule has 340 valence electrons. The predicted octanol–water partition coefficient (Wildman–Crippen LogP) is 6.41. The maximum Gasteiger partial charge on any atom is 0.316 e. The van der Waals surface area contributed by atoms with Gasteiger partial charge in [0.25, 0.3) is 0 Å².